The van der Waals surface area contributed by atoms with E-state index >= 15 is 0 Å². The Hall–Kier alpha value is -0.120. The van der Waals surface area contributed by atoms with E-state index in [9.17, 15) is 5.11 Å². The van der Waals surface area contributed by atoms with Gasteiger partial charge < -0.3 is 15.6 Å². The molecular formula is C12H23NO2. The first-order chi connectivity index (χ1) is 7.27. The molecule has 0 radical (unpaired) electrons. The fourth-order valence-electron chi connectivity index (χ4n) is 3.18. The zero-order valence-corrected chi connectivity index (χ0v) is 9.45. The minimum absolute atomic E-state index is 0.0887. The lowest BCUT2D eigenvalue weighted by atomic mass is 9.64. The van der Waals surface area contributed by atoms with E-state index in [1.807, 2.05) is 0 Å². The molecule has 0 bridgehead atoms. The number of nitrogens with two attached hydrogens (primary N) is 1. The SMILES string of the molecule is NCC1(C2CCCOC2)CCC(O)CC1. The molecule has 0 aromatic heterocycles. The Kier molecular flexibility index (Phi) is 3.65. The van der Waals surface area contributed by atoms with Crippen molar-refractivity contribution >= 4 is 0 Å². The molecule has 3 nitrogen and oxygen atoms in total. The minimum Gasteiger partial charge on any atom is -0.393 e. The van der Waals surface area contributed by atoms with Crippen LogP contribution < -0.4 is 5.73 Å². The summed E-state index contributed by atoms with van der Waals surface area (Å²) >= 11 is 0. The van der Waals surface area contributed by atoms with Crippen LogP contribution in [0.2, 0.25) is 0 Å². The van der Waals surface area contributed by atoms with Gasteiger partial charge >= 0.3 is 0 Å². The predicted molar refractivity (Wildman–Crippen MR) is 59.5 cm³/mol. The van der Waals surface area contributed by atoms with Crippen molar-refractivity contribution in [1.82, 2.24) is 0 Å². The normalized spacial score (nSPS) is 42.8. The first-order valence-corrected chi connectivity index (χ1v) is 6.23. The van der Waals surface area contributed by atoms with Crippen LogP contribution in [0.4, 0.5) is 0 Å². The Bertz CT molecular complexity index is 194. The molecule has 1 saturated heterocycles. The molecule has 0 spiro atoms. The molecule has 1 heterocycles. The maximum atomic E-state index is 9.56. The van der Waals surface area contributed by atoms with Crippen LogP contribution in [0.3, 0.4) is 0 Å². The van der Waals surface area contributed by atoms with Gasteiger partial charge in [-0.3, -0.25) is 0 Å². The van der Waals surface area contributed by atoms with Gasteiger partial charge in [-0.2, -0.15) is 0 Å². The van der Waals surface area contributed by atoms with Crippen molar-refractivity contribution in [3.8, 4) is 0 Å². The van der Waals surface area contributed by atoms with Gasteiger partial charge in [0.1, 0.15) is 0 Å². The predicted octanol–water partition coefficient (Wildman–Crippen LogP) is 1.29. The number of rotatable bonds is 2. The summed E-state index contributed by atoms with van der Waals surface area (Å²) in [6.45, 7) is 2.56. The second-order valence-electron chi connectivity index (χ2n) is 5.21. The molecule has 15 heavy (non-hydrogen) atoms. The van der Waals surface area contributed by atoms with Gasteiger partial charge in [-0.15, -0.1) is 0 Å². The number of hydrogen-bond acceptors (Lipinski definition) is 3. The average molecular weight is 213 g/mol. The molecule has 1 aliphatic carbocycles. The first-order valence-electron chi connectivity index (χ1n) is 6.23. The third kappa shape index (κ3) is 2.35. The molecule has 2 fully saturated rings. The monoisotopic (exact) mass is 213 g/mol. The number of ether oxygens (including phenoxy) is 1. The smallest absolute Gasteiger partial charge is 0.0540 e. The van der Waals surface area contributed by atoms with Gasteiger partial charge in [0.2, 0.25) is 0 Å². The quantitative estimate of drug-likeness (QED) is 0.727. The average Bonchev–Trinajstić information content (AvgIpc) is 2.32. The Morgan fingerprint density at radius 2 is 2.00 bits per heavy atom. The second-order valence-corrected chi connectivity index (χ2v) is 5.21. The molecule has 2 aliphatic rings. The fourth-order valence-corrected chi connectivity index (χ4v) is 3.18. The highest BCUT2D eigenvalue weighted by molar-refractivity contribution is 4.92. The first kappa shape index (κ1) is 11.4. The Balaban J connectivity index is 2.00. The summed E-state index contributed by atoms with van der Waals surface area (Å²) in [6.07, 6.45) is 6.36. The largest absolute Gasteiger partial charge is 0.393 e. The van der Waals surface area contributed by atoms with Gasteiger partial charge in [0.15, 0.2) is 0 Å². The summed E-state index contributed by atoms with van der Waals surface area (Å²) < 4.78 is 5.57. The van der Waals surface area contributed by atoms with Crippen molar-refractivity contribution in [2.24, 2.45) is 17.1 Å². The minimum atomic E-state index is -0.0887. The van der Waals surface area contributed by atoms with Crippen LogP contribution in [-0.4, -0.2) is 31.0 Å². The maximum Gasteiger partial charge on any atom is 0.0540 e. The molecule has 0 amide bonds. The van der Waals surface area contributed by atoms with Crippen molar-refractivity contribution in [1.29, 1.82) is 0 Å². The van der Waals surface area contributed by atoms with Crippen LogP contribution >= 0.6 is 0 Å². The number of hydrogen-bond donors (Lipinski definition) is 2. The highest BCUT2D eigenvalue weighted by Gasteiger charge is 2.41. The molecule has 1 saturated carbocycles. The number of aliphatic hydroxyl groups is 1. The van der Waals surface area contributed by atoms with Crippen LogP contribution in [0, 0.1) is 11.3 Å². The van der Waals surface area contributed by atoms with Crippen molar-refractivity contribution in [2.45, 2.75) is 44.6 Å². The molecular weight excluding hydrogens is 190 g/mol. The van der Waals surface area contributed by atoms with Gasteiger partial charge in [-0.1, -0.05) is 0 Å². The molecule has 2 rings (SSSR count). The van der Waals surface area contributed by atoms with Crippen molar-refractivity contribution < 1.29 is 9.84 Å². The second kappa shape index (κ2) is 4.81. The maximum absolute atomic E-state index is 9.56. The van der Waals surface area contributed by atoms with Crippen molar-refractivity contribution in [3.63, 3.8) is 0 Å². The fraction of sp³-hybridized carbons (Fsp3) is 1.00. The standard InChI is InChI=1S/C12H23NO2/c13-9-12(5-3-11(14)4-6-12)10-2-1-7-15-8-10/h10-11,14H,1-9,13H2. The summed E-state index contributed by atoms with van der Waals surface area (Å²) in [6, 6.07) is 0. The third-order valence-electron chi connectivity index (χ3n) is 4.38. The summed E-state index contributed by atoms with van der Waals surface area (Å²) in [5.41, 5.74) is 6.24. The molecule has 1 unspecified atom stereocenters. The van der Waals surface area contributed by atoms with E-state index < -0.39 is 0 Å². The molecule has 3 N–H and O–H groups in total. The van der Waals surface area contributed by atoms with Crippen molar-refractivity contribution in [2.75, 3.05) is 19.8 Å². The van der Waals surface area contributed by atoms with E-state index in [0.717, 1.165) is 45.4 Å². The van der Waals surface area contributed by atoms with Gasteiger partial charge in [-0.05, 0) is 56.4 Å². The zero-order valence-electron chi connectivity index (χ0n) is 9.45. The molecule has 3 heteroatoms. The van der Waals surface area contributed by atoms with E-state index in [-0.39, 0.29) is 11.5 Å². The molecule has 0 aromatic carbocycles. The van der Waals surface area contributed by atoms with E-state index in [1.165, 1.54) is 12.8 Å². The highest BCUT2D eigenvalue weighted by Crippen LogP contribution is 2.44. The van der Waals surface area contributed by atoms with Crippen molar-refractivity contribution in [3.05, 3.63) is 0 Å². The summed E-state index contributed by atoms with van der Waals surface area (Å²) in [7, 11) is 0. The Morgan fingerprint density at radius 3 is 2.53 bits per heavy atom. The molecule has 88 valence electrons. The van der Waals surface area contributed by atoms with E-state index in [1.54, 1.807) is 0 Å². The van der Waals surface area contributed by atoms with E-state index in [2.05, 4.69) is 0 Å². The summed E-state index contributed by atoms with van der Waals surface area (Å²) in [5, 5.41) is 9.56. The Morgan fingerprint density at radius 1 is 1.27 bits per heavy atom. The highest BCUT2D eigenvalue weighted by atomic mass is 16.5. The molecule has 1 aliphatic heterocycles. The van der Waals surface area contributed by atoms with Crippen LogP contribution in [0.1, 0.15) is 38.5 Å². The summed E-state index contributed by atoms with van der Waals surface area (Å²) in [5.74, 6) is 0.628. The van der Waals surface area contributed by atoms with Crippen LogP contribution in [0.15, 0.2) is 0 Å². The Labute approximate surface area is 92.0 Å². The van der Waals surface area contributed by atoms with E-state index in [0.29, 0.717) is 5.92 Å². The van der Waals surface area contributed by atoms with Gasteiger partial charge in [0.05, 0.1) is 6.10 Å². The van der Waals surface area contributed by atoms with Crippen LogP contribution in [0.5, 0.6) is 0 Å². The third-order valence-corrected chi connectivity index (χ3v) is 4.38. The lowest BCUT2D eigenvalue weighted by Crippen LogP contribution is -2.45. The van der Waals surface area contributed by atoms with Crippen LogP contribution in [0.25, 0.3) is 0 Å². The topological polar surface area (TPSA) is 55.5 Å². The lowest BCUT2D eigenvalue weighted by molar-refractivity contribution is -0.0406. The van der Waals surface area contributed by atoms with E-state index in [4.69, 9.17) is 10.5 Å². The number of aliphatic hydroxyl groups excluding tert-OH is 1. The van der Waals surface area contributed by atoms with Gasteiger partial charge in [0.25, 0.3) is 0 Å². The van der Waals surface area contributed by atoms with Gasteiger partial charge in [0, 0.05) is 13.2 Å². The van der Waals surface area contributed by atoms with Gasteiger partial charge in [-0.25, -0.2) is 0 Å². The molecule has 0 aromatic rings. The lowest BCUT2D eigenvalue weighted by Gasteiger charge is -2.45. The molecule has 1 atom stereocenters. The zero-order chi connectivity index (χ0) is 10.7. The summed E-state index contributed by atoms with van der Waals surface area (Å²) in [4.78, 5) is 0. The van der Waals surface area contributed by atoms with Crippen LogP contribution in [-0.2, 0) is 4.74 Å².